The summed E-state index contributed by atoms with van der Waals surface area (Å²) in [5.41, 5.74) is -0.626. The molecule has 6 heteroatoms. The Kier molecular flexibility index (Phi) is 6.08. The van der Waals surface area contributed by atoms with Gasteiger partial charge >= 0.3 is 0 Å². The van der Waals surface area contributed by atoms with Crippen molar-refractivity contribution >= 4 is 11.8 Å². The van der Waals surface area contributed by atoms with Crippen molar-refractivity contribution in [3.05, 3.63) is 23.7 Å². The van der Waals surface area contributed by atoms with Gasteiger partial charge in [-0.15, -0.1) is 0 Å². The maximum Gasteiger partial charge on any atom is 0.284 e. The van der Waals surface area contributed by atoms with E-state index in [1.54, 1.807) is 12.1 Å². The van der Waals surface area contributed by atoms with Crippen LogP contribution >= 0.6 is 11.8 Å². The van der Waals surface area contributed by atoms with Gasteiger partial charge in [0.1, 0.15) is 11.5 Å². The van der Waals surface area contributed by atoms with E-state index in [4.69, 9.17) is 4.42 Å². The van der Waals surface area contributed by atoms with Gasteiger partial charge in [-0.2, -0.15) is 8.78 Å². The van der Waals surface area contributed by atoms with Gasteiger partial charge in [0, 0.05) is 6.54 Å². The molecule has 1 fully saturated rings. The lowest BCUT2D eigenvalue weighted by Crippen LogP contribution is -2.43. The maximum atomic E-state index is 12.1. The molecule has 21 heavy (non-hydrogen) atoms. The average Bonchev–Trinajstić information content (AvgIpc) is 2.84. The normalized spacial score (nSPS) is 26.4. The Bertz CT molecular complexity index is 441. The Morgan fingerprint density at radius 1 is 1.48 bits per heavy atom. The summed E-state index contributed by atoms with van der Waals surface area (Å²) in [6, 6.07) is 3.52. The van der Waals surface area contributed by atoms with Crippen LogP contribution in [0.25, 0.3) is 0 Å². The Balaban J connectivity index is 1.73. The second-order valence-electron chi connectivity index (χ2n) is 5.97. The van der Waals surface area contributed by atoms with Crippen molar-refractivity contribution in [2.75, 3.05) is 6.54 Å². The third kappa shape index (κ3) is 5.60. The molecule has 1 aromatic heterocycles. The lowest BCUT2D eigenvalue weighted by atomic mass is 9.79. The van der Waals surface area contributed by atoms with Gasteiger partial charge in [0.15, 0.2) is 0 Å². The number of thioether (sulfide) groups is 1. The van der Waals surface area contributed by atoms with Crippen LogP contribution in [0.2, 0.25) is 0 Å². The first-order valence-corrected chi connectivity index (χ1v) is 8.42. The van der Waals surface area contributed by atoms with Gasteiger partial charge in [-0.05, 0) is 30.9 Å². The summed E-state index contributed by atoms with van der Waals surface area (Å²) in [5, 5.41) is 13.7. The molecule has 0 aromatic carbocycles. The molecule has 2 N–H and O–H groups in total. The van der Waals surface area contributed by atoms with Crippen molar-refractivity contribution in [1.82, 2.24) is 5.32 Å². The minimum absolute atomic E-state index is 0.180. The van der Waals surface area contributed by atoms with Gasteiger partial charge in [-0.25, -0.2) is 0 Å². The summed E-state index contributed by atoms with van der Waals surface area (Å²) < 4.78 is 29.7. The zero-order valence-corrected chi connectivity index (χ0v) is 13.1. The number of alkyl halides is 2. The molecule has 1 aliphatic carbocycles. The summed E-state index contributed by atoms with van der Waals surface area (Å²) in [7, 11) is 0. The average molecular weight is 319 g/mol. The summed E-state index contributed by atoms with van der Waals surface area (Å²) in [5.74, 6) is -0.361. The van der Waals surface area contributed by atoms with Crippen LogP contribution in [0.5, 0.6) is 0 Å². The van der Waals surface area contributed by atoms with Gasteiger partial charge in [0.25, 0.3) is 5.76 Å². The first-order chi connectivity index (χ1) is 9.97. The van der Waals surface area contributed by atoms with Crippen LogP contribution < -0.4 is 5.32 Å². The topological polar surface area (TPSA) is 45.4 Å². The molecule has 0 spiro atoms. The predicted octanol–water partition coefficient (Wildman–Crippen LogP) is 3.77. The zero-order valence-electron chi connectivity index (χ0n) is 12.3. The molecule has 0 radical (unpaired) electrons. The van der Waals surface area contributed by atoms with Crippen molar-refractivity contribution < 1.29 is 18.3 Å². The minimum Gasteiger partial charge on any atom is -0.464 e. The molecule has 1 aliphatic rings. The van der Waals surface area contributed by atoms with Gasteiger partial charge in [0.05, 0.1) is 17.9 Å². The number of nitrogens with one attached hydrogen (secondary N) is 1. The van der Waals surface area contributed by atoms with Crippen molar-refractivity contribution in [2.24, 2.45) is 5.92 Å². The SMILES string of the molecule is CC1CCCC(O)(CNCc2ccc(CSC(F)F)o2)C1. The highest BCUT2D eigenvalue weighted by Gasteiger charge is 2.32. The number of aliphatic hydroxyl groups is 1. The van der Waals surface area contributed by atoms with Crippen LogP contribution in [0.1, 0.15) is 44.1 Å². The molecule has 0 amide bonds. The fourth-order valence-electron chi connectivity index (χ4n) is 2.95. The molecule has 0 saturated heterocycles. The number of hydrogen-bond acceptors (Lipinski definition) is 4. The highest BCUT2D eigenvalue weighted by Crippen LogP contribution is 2.31. The predicted molar refractivity (Wildman–Crippen MR) is 80.3 cm³/mol. The van der Waals surface area contributed by atoms with Crippen LogP contribution in [0, 0.1) is 5.92 Å². The standard InChI is InChI=1S/C15H23F2NO2S/c1-11-3-2-6-15(19,7-11)10-18-8-12-4-5-13(20-12)9-21-14(16)17/h4-5,11,14,18-19H,2-3,6-10H2,1H3. The quantitative estimate of drug-likeness (QED) is 0.803. The summed E-state index contributed by atoms with van der Waals surface area (Å²) in [6.07, 6.45) is 3.91. The molecule has 2 atom stereocenters. The van der Waals surface area contributed by atoms with Crippen LogP contribution in [0.4, 0.5) is 8.78 Å². The first-order valence-electron chi connectivity index (χ1n) is 7.37. The second kappa shape index (κ2) is 7.61. The Morgan fingerprint density at radius 3 is 2.95 bits per heavy atom. The van der Waals surface area contributed by atoms with Gasteiger partial charge in [-0.1, -0.05) is 31.5 Å². The zero-order chi connectivity index (χ0) is 15.3. The van der Waals surface area contributed by atoms with E-state index in [9.17, 15) is 13.9 Å². The summed E-state index contributed by atoms with van der Waals surface area (Å²) in [4.78, 5) is 0. The number of hydrogen-bond donors (Lipinski definition) is 2. The van der Waals surface area contributed by atoms with Crippen LogP contribution in [-0.4, -0.2) is 23.0 Å². The largest absolute Gasteiger partial charge is 0.464 e. The molecule has 1 saturated carbocycles. The third-order valence-corrected chi connectivity index (χ3v) is 4.59. The molecule has 3 nitrogen and oxygen atoms in total. The van der Waals surface area contributed by atoms with E-state index < -0.39 is 11.4 Å². The molecule has 1 aromatic rings. The number of halogens is 2. The Hall–Kier alpha value is -0.590. The van der Waals surface area contributed by atoms with E-state index in [1.807, 2.05) is 0 Å². The highest BCUT2D eigenvalue weighted by molar-refractivity contribution is 7.98. The van der Waals surface area contributed by atoms with E-state index in [-0.39, 0.29) is 5.75 Å². The van der Waals surface area contributed by atoms with Crippen molar-refractivity contribution in [1.29, 1.82) is 0 Å². The maximum absolute atomic E-state index is 12.1. The number of rotatable bonds is 7. The minimum atomic E-state index is -2.38. The molecule has 2 unspecified atom stereocenters. The molecule has 120 valence electrons. The summed E-state index contributed by atoms with van der Waals surface area (Å²) >= 11 is 0.556. The van der Waals surface area contributed by atoms with Gasteiger partial charge < -0.3 is 14.8 Å². The second-order valence-corrected chi connectivity index (χ2v) is 6.95. The van der Waals surface area contributed by atoms with Gasteiger partial charge in [-0.3, -0.25) is 0 Å². The van der Waals surface area contributed by atoms with E-state index in [2.05, 4.69) is 12.2 Å². The van der Waals surface area contributed by atoms with Crippen LogP contribution in [0.3, 0.4) is 0 Å². The molecular weight excluding hydrogens is 296 g/mol. The molecule has 0 bridgehead atoms. The van der Waals surface area contributed by atoms with E-state index in [0.29, 0.717) is 42.3 Å². The highest BCUT2D eigenvalue weighted by atomic mass is 32.2. The van der Waals surface area contributed by atoms with Crippen molar-refractivity contribution in [3.63, 3.8) is 0 Å². The fraction of sp³-hybridized carbons (Fsp3) is 0.733. The lowest BCUT2D eigenvalue weighted by molar-refractivity contribution is -0.0121. The smallest absolute Gasteiger partial charge is 0.284 e. The first kappa shape index (κ1) is 16.8. The summed E-state index contributed by atoms with van der Waals surface area (Å²) in [6.45, 7) is 3.22. The lowest BCUT2D eigenvalue weighted by Gasteiger charge is -2.35. The molecular formula is C15H23F2NO2S. The Morgan fingerprint density at radius 2 is 2.24 bits per heavy atom. The van der Waals surface area contributed by atoms with Crippen molar-refractivity contribution in [2.45, 2.75) is 56.3 Å². The van der Waals surface area contributed by atoms with Crippen LogP contribution in [-0.2, 0) is 12.3 Å². The number of furan rings is 1. The van der Waals surface area contributed by atoms with Gasteiger partial charge in [0.2, 0.25) is 0 Å². The molecule has 0 aliphatic heterocycles. The Labute approximate surface area is 128 Å². The molecule has 1 heterocycles. The molecule has 2 rings (SSSR count). The van der Waals surface area contributed by atoms with E-state index >= 15 is 0 Å². The van der Waals surface area contributed by atoms with E-state index in [1.165, 1.54) is 6.42 Å². The monoisotopic (exact) mass is 319 g/mol. The fourth-order valence-corrected chi connectivity index (χ4v) is 3.40. The van der Waals surface area contributed by atoms with Crippen LogP contribution in [0.15, 0.2) is 16.5 Å². The van der Waals surface area contributed by atoms with Crippen molar-refractivity contribution in [3.8, 4) is 0 Å². The third-order valence-electron chi connectivity index (χ3n) is 3.89. The van der Waals surface area contributed by atoms with E-state index in [0.717, 1.165) is 19.3 Å².